The van der Waals surface area contributed by atoms with Crippen LogP contribution in [0.25, 0.3) is 0 Å². The first-order valence-corrected chi connectivity index (χ1v) is 10.3. The first-order valence-electron chi connectivity index (χ1n) is 10.3. The van der Waals surface area contributed by atoms with Gasteiger partial charge in [-0.3, -0.25) is 9.69 Å². The maximum atomic E-state index is 12.6. The van der Waals surface area contributed by atoms with Crippen LogP contribution in [-0.4, -0.2) is 69.9 Å². The predicted octanol–water partition coefficient (Wildman–Crippen LogP) is 2.14. The molecule has 2 amide bonds. The second kappa shape index (κ2) is 9.35. The number of rotatable bonds is 7. The Morgan fingerprint density at radius 1 is 1.41 bits per heavy atom. The van der Waals surface area contributed by atoms with Crippen LogP contribution in [0.5, 0.6) is 0 Å². The lowest BCUT2D eigenvalue weighted by Crippen LogP contribution is -2.58. The number of likely N-dealkylation sites (tertiary alicyclic amines) is 1. The van der Waals surface area contributed by atoms with E-state index in [2.05, 4.69) is 22.1 Å². The molecule has 0 spiro atoms. The van der Waals surface area contributed by atoms with Gasteiger partial charge >= 0.3 is 6.03 Å². The minimum absolute atomic E-state index is 0.0114. The number of carbonyl (C=O) groups is 2. The normalized spacial score (nSPS) is 25.9. The van der Waals surface area contributed by atoms with Gasteiger partial charge in [-0.25, -0.2) is 9.78 Å². The van der Waals surface area contributed by atoms with Crippen molar-refractivity contribution in [3.05, 3.63) is 18.7 Å². The van der Waals surface area contributed by atoms with Crippen LogP contribution in [0, 0.1) is 5.92 Å². The second-order valence-electron chi connectivity index (χ2n) is 8.06. The Bertz CT molecular complexity index is 618. The van der Waals surface area contributed by atoms with Crippen molar-refractivity contribution in [1.82, 2.24) is 24.7 Å². The molecule has 2 heterocycles. The molecule has 1 aromatic heterocycles. The summed E-state index contributed by atoms with van der Waals surface area (Å²) in [6.45, 7) is 5.71. The van der Waals surface area contributed by atoms with Crippen LogP contribution in [0.2, 0.25) is 0 Å². The molecule has 7 nitrogen and oxygen atoms in total. The molecule has 1 aliphatic heterocycles. The molecule has 1 saturated heterocycles. The third kappa shape index (κ3) is 5.31. The number of urea groups is 1. The third-order valence-electron chi connectivity index (χ3n) is 5.92. The van der Waals surface area contributed by atoms with E-state index in [1.807, 2.05) is 17.8 Å². The molecule has 0 bridgehead atoms. The zero-order valence-electron chi connectivity index (χ0n) is 16.6. The number of ketones is 1. The van der Waals surface area contributed by atoms with Crippen molar-refractivity contribution in [3.63, 3.8) is 0 Å². The summed E-state index contributed by atoms with van der Waals surface area (Å²) in [6.07, 6.45) is 10.8. The Morgan fingerprint density at radius 2 is 2.26 bits per heavy atom. The van der Waals surface area contributed by atoms with Crippen molar-refractivity contribution < 1.29 is 9.59 Å². The van der Waals surface area contributed by atoms with Crippen molar-refractivity contribution in [3.8, 4) is 0 Å². The molecule has 7 heteroatoms. The summed E-state index contributed by atoms with van der Waals surface area (Å²) in [5, 5.41) is 3.21. The van der Waals surface area contributed by atoms with Crippen molar-refractivity contribution in [2.45, 2.75) is 64.1 Å². The first kappa shape index (κ1) is 19.9. The van der Waals surface area contributed by atoms with Crippen LogP contribution >= 0.6 is 0 Å². The molecule has 1 unspecified atom stereocenters. The monoisotopic (exact) mass is 375 g/mol. The molecule has 1 saturated carbocycles. The van der Waals surface area contributed by atoms with Crippen molar-refractivity contribution in [2.75, 3.05) is 26.7 Å². The summed E-state index contributed by atoms with van der Waals surface area (Å²) in [4.78, 5) is 32.8. The van der Waals surface area contributed by atoms with E-state index in [1.165, 1.54) is 0 Å². The van der Waals surface area contributed by atoms with E-state index in [4.69, 9.17) is 0 Å². The number of imidazole rings is 1. The van der Waals surface area contributed by atoms with Crippen molar-refractivity contribution in [2.24, 2.45) is 5.92 Å². The van der Waals surface area contributed by atoms with Gasteiger partial charge in [-0.15, -0.1) is 0 Å². The minimum Gasteiger partial charge on any atom is -0.337 e. The molecule has 1 N–H and O–H groups in total. The molecule has 2 aliphatic rings. The fourth-order valence-corrected chi connectivity index (χ4v) is 4.60. The van der Waals surface area contributed by atoms with Gasteiger partial charge in [-0.2, -0.15) is 0 Å². The van der Waals surface area contributed by atoms with Gasteiger partial charge in [0, 0.05) is 64.0 Å². The molecule has 3 rings (SSSR count). The van der Waals surface area contributed by atoms with E-state index in [0.717, 1.165) is 51.7 Å². The molecular weight excluding hydrogens is 342 g/mol. The van der Waals surface area contributed by atoms with E-state index >= 15 is 0 Å². The summed E-state index contributed by atoms with van der Waals surface area (Å²) in [5.41, 5.74) is 0. The van der Waals surface area contributed by atoms with E-state index in [1.54, 1.807) is 17.4 Å². The number of nitrogens with zero attached hydrogens (tertiary/aromatic N) is 4. The summed E-state index contributed by atoms with van der Waals surface area (Å²) in [6, 6.07) is 0.638. The van der Waals surface area contributed by atoms with Crippen LogP contribution in [-0.2, 0) is 11.3 Å². The fraction of sp³-hybridized carbons (Fsp3) is 0.750. The van der Waals surface area contributed by atoms with Gasteiger partial charge in [-0.1, -0.05) is 6.92 Å². The molecular formula is C20H33N5O2. The number of hydrogen-bond donors (Lipinski definition) is 1. The van der Waals surface area contributed by atoms with Crippen LogP contribution in [0.1, 0.15) is 45.4 Å². The SMILES string of the molecule is CCCN1CC(NC(=O)N(C)CCCn2ccnc2)C[C@@H]2CC(=O)CC[C@H]21. The number of amides is 2. The zero-order chi connectivity index (χ0) is 19.2. The van der Waals surface area contributed by atoms with Gasteiger partial charge < -0.3 is 14.8 Å². The Kier molecular flexibility index (Phi) is 6.88. The average Bonchev–Trinajstić information content (AvgIpc) is 3.15. The molecule has 150 valence electrons. The number of piperidine rings is 1. The Balaban J connectivity index is 1.49. The zero-order valence-corrected chi connectivity index (χ0v) is 16.6. The lowest BCUT2D eigenvalue weighted by atomic mass is 9.76. The largest absolute Gasteiger partial charge is 0.337 e. The number of hydrogen-bond acceptors (Lipinski definition) is 4. The van der Waals surface area contributed by atoms with E-state index in [-0.39, 0.29) is 12.1 Å². The lowest BCUT2D eigenvalue weighted by Gasteiger charge is -2.47. The van der Waals surface area contributed by atoms with Crippen LogP contribution in [0.4, 0.5) is 4.79 Å². The number of carbonyl (C=O) groups excluding carboxylic acids is 2. The maximum absolute atomic E-state index is 12.6. The number of fused-ring (bicyclic) bond motifs is 1. The number of Topliss-reactive ketones (excluding diaryl/α,β-unsaturated/α-hetero) is 1. The Morgan fingerprint density at radius 3 is 3.00 bits per heavy atom. The Hall–Kier alpha value is -1.89. The molecule has 3 atom stereocenters. The van der Waals surface area contributed by atoms with Gasteiger partial charge in [0.05, 0.1) is 6.33 Å². The fourth-order valence-electron chi connectivity index (χ4n) is 4.60. The van der Waals surface area contributed by atoms with Gasteiger partial charge in [0.15, 0.2) is 0 Å². The van der Waals surface area contributed by atoms with Gasteiger partial charge in [0.2, 0.25) is 0 Å². The lowest BCUT2D eigenvalue weighted by molar-refractivity contribution is -0.124. The van der Waals surface area contributed by atoms with E-state index in [9.17, 15) is 9.59 Å². The number of aromatic nitrogens is 2. The Labute approximate surface area is 162 Å². The summed E-state index contributed by atoms with van der Waals surface area (Å²) in [7, 11) is 1.85. The predicted molar refractivity (Wildman–Crippen MR) is 104 cm³/mol. The number of aryl methyl sites for hydroxylation is 1. The van der Waals surface area contributed by atoms with Crippen LogP contribution in [0.15, 0.2) is 18.7 Å². The molecule has 0 radical (unpaired) electrons. The highest BCUT2D eigenvalue weighted by Crippen LogP contribution is 2.34. The van der Waals surface area contributed by atoms with Crippen LogP contribution in [0.3, 0.4) is 0 Å². The summed E-state index contributed by atoms with van der Waals surface area (Å²) in [5.74, 6) is 0.777. The summed E-state index contributed by atoms with van der Waals surface area (Å²) < 4.78 is 2.02. The molecule has 1 aliphatic carbocycles. The van der Waals surface area contributed by atoms with E-state index in [0.29, 0.717) is 30.7 Å². The van der Waals surface area contributed by atoms with Gasteiger partial charge in [0.1, 0.15) is 5.78 Å². The smallest absolute Gasteiger partial charge is 0.317 e. The highest BCUT2D eigenvalue weighted by molar-refractivity contribution is 5.79. The highest BCUT2D eigenvalue weighted by atomic mass is 16.2. The van der Waals surface area contributed by atoms with Gasteiger partial charge in [0.25, 0.3) is 0 Å². The van der Waals surface area contributed by atoms with Crippen LogP contribution < -0.4 is 5.32 Å². The second-order valence-corrected chi connectivity index (χ2v) is 8.06. The molecule has 1 aromatic rings. The van der Waals surface area contributed by atoms with Crippen molar-refractivity contribution in [1.29, 1.82) is 0 Å². The minimum atomic E-state index is -0.0114. The topological polar surface area (TPSA) is 70.5 Å². The molecule has 2 fully saturated rings. The number of nitrogens with one attached hydrogen (secondary N) is 1. The highest BCUT2D eigenvalue weighted by Gasteiger charge is 2.39. The summed E-state index contributed by atoms with van der Waals surface area (Å²) >= 11 is 0. The third-order valence-corrected chi connectivity index (χ3v) is 5.92. The van der Waals surface area contributed by atoms with Gasteiger partial charge in [-0.05, 0) is 38.1 Å². The average molecular weight is 376 g/mol. The molecule has 27 heavy (non-hydrogen) atoms. The standard InChI is InChI=1S/C20H33N5O2/c1-3-8-25-14-17(12-16-13-18(26)5-6-19(16)25)22-20(27)23(2)9-4-10-24-11-7-21-15-24/h7,11,15-17,19H,3-6,8-10,12-14H2,1-2H3,(H,22,27)/t16-,17?,19-/m1/s1. The molecule has 0 aromatic carbocycles. The van der Waals surface area contributed by atoms with Crippen molar-refractivity contribution >= 4 is 11.8 Å². The van der Waals surface area contributed by atoms with E-state index < -0.39 is 0 Å². The maximum Gasteiger partial charge on any atom is 0.317 e. The first-order chi connectivity index (χ1) is 13.1. The quantitative estimate of drug-likeness (QED) is 0.793.